The van der Waals surface area contributed by atoms with E-state index >= 15 is 0 Å². The average molecular weight is 314 g/mol. The zero-order chi connectivity index (χ0) is 16.2. The number of nitrogens with one attached hydrogen (secondary N) is 1. The Bertz CT molecular complexity index is 525. The molecule has 0 fully saturated rings. The maximum Gasteiger partial charge on any atom is 0.338 e. The third-order valence-electron chi connectivity index (χ3n) is 3.04. The molecule has 0 aliphatic heterocycles. The van der Waals surface area contributed by atoms with Crippen LogP contribution in [0.25, 0.3) is 0 Å². The van der Waals surface area contributed by atoms with Crippen molar-refractivity contribution in [2.45, 2.75) is 33.8 Å². The Labute approximate surface area is 128 Å². The van der Waals surface area contributed by atoms with Crippen molar-refractivity contribution in [3.8, 4) is 0 Å². The van der Waals surface area contributed by atoms with Crippen molar-refractivity contribution in [2.75, 3.05) is 25.5 Å². The van der Waals surface area contributed by atoms with Gasteiger partial charge in [0.2, 0.25) is 0 Å². The quantitative estimate of drug-likeness (QED) is 0.846. The van der Waals surface area contributed by atoms with Crippen molar-refractivity contribution in [3.63, 3.8) is 0 Å². The van der Waals surface area contributed by atoms with Crippen LogP contribution in [0.5, 0.6) is 0 Å². The number of aromatic carboxylic acids is 1. The first kappa shape index (κ1) is 17.5. The van der Waals surface area contributed by atoms with Gasteiger partial charge in [0.15, 0.2) is 0 Å². The fourth-order valence-corrected chi connectivity index (χ4v) is 2.73. The van der Waals surface area contributed by atoms with E-state index in [2.05, 4.69) is 5.32 Å². The lowest BCUT2D eigenvalue weighted by Gasteiger charge is -2.18. The van der Waals surface area contributed by atoms with Crippen molar-refractivity contribution in [1.82, 2.24) is 4.90 Å². The fraction of sp³-hybridized carbons (Fsp3) is 0.571. The van der Waals surface area contributed by atoms with Crippen molar-refractivity contribution >= 4 is 28.3 Å². The van der Waals surface area contributed by atoms with Crippen LogP contribution in [0.1, 0.15) is 34.6 Å². The number of carboxylic acids is 1. The highest BCUT2D eigenvalue weighted by Gasteiger charge is 2.21. The molecule has 1 aromatic rings. The number of hydrogen-bond acceptors (Lipinski definition) is 4. The summed E-state index contributed by atoms with van der Waals surface area (Å²) >= 11 is 1.27. The molecule has 0 atom stereocenters. The molecule has 1 rings (SSSR count). The summed E-state index contributed by atoms with van der Waals surface area (Å²) in [5.74, 6) is -1.03. The average Bonchev–Trinajstić information content (AvgIpc) is 2.63. The molecule has 7 heteroatoms. The van der Waals surface area contributed by atoms with Crippen LogP contribution in [0.3, 0.4) is 0 Å². The molecule has 6 nitrogen and oxygen atoms in total. The van der Waals surface area contributed by atoms with Crippen LogP contribution in [-0.4, -0.2) is 48.3 Å². The number of ether oxygens (including phenoxy) is 1. The zero-order valence-corrected chi connectivity index (χ0v) is 13.8. The Balaban J connectivity index is 2.70. The summed E-state index contributed by atoms with van der Waals surface area (Å²) < 4.78 is 5.38. The highest BCUT2D eigenvalue weighted by molar-refractivity contribution is 7.16. The van der Waals surface area contributed by atoms with Crippen molar-refractivity contribution in [2.24, 2.45) is 0 Å². The molecule has 118 valence electrons. The lowest BCUT2D eigenvalue weighted by molar-refractivity contribution is 0.0687. The van der Waals surface area contributed by atoms with Crippen LogP contribution in [0.2, 0.25) is 0 Å². The molecule has 0 unspecified atom stereocenters. The smallest absolute Gasteiger partial charge is 0.338 e. The minimum atomic E-state index is -1.03. The molecule has 0 aromatic carbocycles. The molecule has 1 heterocycles. The molecule has 0 radical (unpaired) electrons. The number of thiophene rings is 1. The molecule has 0 spiro atoms. The topological polar surface area (TPSA) is 78.9 Å². The van der Waals surface area contributed by atoms with Gasteiger partial charge in [0.05, 0.1) is 18.3 Å². The SMILES string of the molecule is Cc1sc(NC(=O)N(C)CCOC(C)C)c(C(=O)O)c1C. The molecule has 1 aromatic heterocycles. The second-order valence-corrected chi connectivity index (χ2v) is 6.29. The normalized spacial score (nSPS) is 10.8. The predicted molar refractivity (Wildman–Crippen MR) is 83.5 cm³/mol. The lowest BCUT2D eigenvalue weighted by atomic mass is 10.1. The van der Waals surface area contributed by atoms with E-state index in [0.29, 0.717) is 23.7 Å². The number of nitrogens with zero attached hydrogens (tertiary/aromatic N) is 1. The summed E-state index contributed by atoms with van der Waals surface area (Å²) in [6, 6.07) is -0.342. The minimum Gasteiger partial charge on any atom is -0.478 e. The number of aryl methyl sites for hydroxylation is 1. The van der Waals surface area contributed by atoms with Gasteiger partial charge in [0, 0.05) is 18.5 Å². The van der Waals surface area contributed by atoms with E-state index in [1.165, 1.54) is 16.2 Å². The van der Waals surface area contributed by atoms with E-state index in [-0.39, 0.29) is 17.7 Å². The van der Waals surface area contributed by atoms with E-state index in [1.807, 2.05) is 20.8 Å². The molecule has 0 saturated heterocycles. The largest absolute Gasteiger partial charge is 0.478 e. The van der Waals surface area contributed by atoms with Gasteiger partial charge in [-0.25, -0.2) is 9.59 Å². The zero-order valence-electron chi connectivity index (χ0n) is 13.0. The standard InChI is InChI=1S/C14H22N2O4S/c1-8(2)20-7-6-16(5)14(19)15-12-11(13(17)18)9(3)10(4)21-12/h8H,6-7H2,1-5H3,(H,15,19)(H,17,18). The molecular weight excluding hydrogens is 292 g/mol. The van der Waals surface area contributed by atoms with Gasteiger partial charge in [-0.05, 0) is 33.3 Å². The summed E-state index contributed by atoms with van der Waals surface area (Å²) in [4.78, 5) is 25.7. The number of amides is 2. The number of rotatable bonds is 6. The van der Waals surface area contributed by atoms with Crippen LogP contribution in [0.4, 0.5) is 9.80 Å². The number of urea groups is 1. The number of carboxylic acid groups (broad SMARTS) is 1. The summed E-state index contributed by atoms with van der Waals surface area (Å²) in [5, 5.41) is 12.3. The second kappa shape index (κ2) is 7.42. The fourth-order valence-electron chi connectivity index (χ4n) is 1.69. The number of carbonyl (C=O) groups is 2. The van der Waals surface area contributed by atoms with E-state index < -0.39 is 5.97 Å². The summed E-state index contributed by atoms with van der Waals surface area (Å²) in [6.07, 6.45) is 0.114. The molecule has 21 heavy (non-hydrogen) atoms. The van der Waals surface area contributed by atoms with Gasteiger partial charge < -0.3 is 14.7 Å². The van der Waals surface area contributed by atoms with Crippen LogP contribution < -0.4 is 5.32 Å². The third kappa shape index (κ3) is 4.71. The summed E-state index contributed by atoms with van der Waals surface area (Å²) in [7, 11) is 1.65. The highest BCUT2D eigenvalue weighted by atomic mass is 32.1. The van der Waals surface area contributed by atoms with E-state index in [9.17, 15) is 14.7 Å². The Morgan fingerprint density at radius 2 is 2.00 bits per heavy atom. The summed E-state index contributed by atoms with van der Waals surface area (Å²) in [6.45, 7) is 8.31. The highest BCUT2D eigenvalue weighted by Crippen LogP contribution is 2.32. The van der Waals surface area contributed by atoms with Crippen LogP contribution >= 0.6 is 11.3 Å². The van der Waals surface area contributed by atoms with Crippen molar-refractivity contribution in [3.05, 3.63) is 16.0 Å². The maximum absolute atomic E-state index is 12.1. The van der Waals surface area contributed by atoms with Gasteiger partial charge >= 0.3 is 12.0 Å². The van der Waals surface area contributed by atoms with E-state index in [4.69, 9.17) is 4.74 Å². The second-order valence-electron chi connectivity index (χ2n) is 5.06. The van der Waals surface area contributed by atoms with Gasteiger partial charge in [-0.3, -0.25) is 5.32 Å². The van der Waals surface area contributed by atoms with Crippen molar-refractivity contribution in [1.29, 1.82) is 0 Å². The molecule has 0 aliphatic rings. The molecule has 0 aliphatic carbocycles. The Hall–Kier alpha value is -1.60. The number of carbonyl (C=O) groups excluding carboxylic acids is 1. The molecule has 0 bridgehead atoms. The Morgan fingerprint density at radius 3 is 2.52 bits per heavy atom. The van der Waals surface area contributed by atoms with Crippen LogP contribution in [-0.2, 0) is 4.74 Å². The van der Waals surface area contributed by atoms with Crippen LogP contribution in [0.15, 0.2) is 0 Å². The van der Waals surface area contributed by atoms with E-state index in [0.717, 1.165) is 4.88 Å². The molecular formula is C14H22N2O4S. The molecule has 2 N–H and O–H groups in total. The van der Waals surface area contributed by atoms with Gasteiger partial charge in [0.1, 0.15) is 5.00 Å². The van der Waals surface area contributed by atoms with Crippen LogP contribution in [0, 0.1) is 13.8 Å². The first-order valence-corrected chi connectivity index (χ1v) is 7.52. The Morgan fingerprint density at radius 1 is 1.38 bits per heavy atom. The molecule has 2 amide bonds. The first-order chi connectivity index (χ1) is 9.73. The van der Waals surface area contributed by atoms with Gasteiger partial charge in [-0.2, -0.15) is 0 Å². The number of hydrogen-bond donors (Lipinski definition) is 2. The van der Waals surface area contributed by atoms with E-state index in [1.54, 1.807) is 14.0 Å². The van der Waals surface area contributed by atoms with Crippen molar-refractivity contribution < 1.29 is 19.4 Å². The predicted octanol–water partition coefficient (Wildman–Crippen LogP) is 2.95. The number of likely N-dealkylation sites (N-methyl/N-ethyl adjacent to an activating group) is 1. The summed E-state index contributed by atoms with van der Waals surface area (Å²) in [5.41, 5.74) is 0.853. The Kier molecular flexibility index (Phi) is 6.17. The van der Waals surface area contributed by atoms with Gasteiger partial charge in [-0.15, -0.1) is 11.3 Å². The minimum absolute atomic E-state index is 0.114. The maximum atomic E-state index is 12.1. The first-order valence-electron chi connectivity index (χ1n) is 6.71. The van der Waals surface area contributed by atoms with Gasteiger partial charge in [0.25, 0.3) is 0 Å². The lowest BCUT2D eigenvalue weighted by Crippen LogP contribution is -2.34. The molecule has 0 saturated carbocycles. The monoisotopic (exact) mass is 314 g/mol. The third-order valence-corrected chi connectivity index (χ3v) is 4.17. The van der Waals surface area contributed by atoms with Gasteiger partial charge in [-0.1, -0.05) is 0 Å². The number of anilines is 1.